The van der Waals surface area contributed by atoms with Crippen LogP contribution in [0.5, 0.6) is 0 Å². The number of hydrogen-bond donors (Lipinski definition) is 2. The van der Waals surface area contributed by atoms with Crippen LogP contribution in [0.4, 0.5) is 4.79 Å². The lowest BCUT2D eigenvalue weighted by Crippen LogP contribution is -2.63. The van der Waals surface area contributed by atoms with E-state index in [2.05, 4.69) is 15.4 Å². The minimum atomic E-state index is -3.99. The number of carbonyl (C=O) groups excluding carboxylic acids is 3. The van der Waals surface area contributed by atoms with Gasteiger partial charge in [0.1, 0.15) is 12.1 Å². The van der Waals surface area contributed by atoms with Gasteiger partial charge in [0.15, 0.2) is 0 Å². The van der Waals surface area contributed by atoms with Gasteiger partial charge in [0, 0.05) is 25.7 Å². The third kappa shape index (κ3) is 5.48. The molecule has 0 aromatic heterocycles. The van der Waals surface area contributed by atoms with E-state index < -0.39 is 34.0 Å². The van der Waals surface area contributed by atoms with Crippen molar-refractivity contribution in [3.05, 3.63) is 30.3 Å². The Bertz CT molecular complexity index is 874. The van der Waals surface area contributed by atoms with Crippen molar-refractivity contribution in [3.8, 4) is 0 Å². The summed E-state index contributed by atoms with van der Waals surface area (Å²) in [5.41, 5.74) is 0. The minimum Gasteiger partial charge on any atom is -0.467 e. The average molecular weight is 441 g/mol. The lowest BCUT2D eigenvalue weighted by atomic mass is 10.2. The van der Waals surface area contributed by atoms with Gasteiger partial charge in [-0.25, -0.2) is 18.0 Å². The van der Waals surface area contributed by atoms with Gasteiger partial charge in [0.25, 0.3) is 0 Å². The summed E-state index contributed by atoms with van der Waals surface area (Å²) in [4.78, 5) is 38.5. The molecule has 2 N–H and O–H groups in total. The third-order valence-electron chi connectivity index (χ3n) is 4.60. The topological polar surface area (TPSA) is 125 Å². The molecule has 30 heavy (non-hydrogen) atoms. The van der Waals surface area contributed by atoms with Gasteiger partial charge in [-0.05, 0) is 32.9 Å². The smallest absolute Gasteiger partial charge is 0.328 e. The second kappa shape index (κ2) is 9.90. The predicted octanol–water partition coefficient (Wildman–Crippen LogP) is 0.157. The molecule has 0 saturated carbocycles. The number of nitrogens with zero attached hydrogens (tertiary/aromatic N) is 2. The van der Waals surface area contributed by atoms with Gasteiger partial charge in [0.2, 0.25) is 15.9 Å². The van der Waals surface area contributed by atoms with Gasteiger partial charge in [0.05, 0.1) is 12.0 Å². The highest BCUT2D eigenvalue weighted by molar-refractivity contribution is 7.89. The van der Waals surface area contributed by atoms with Crippen molar-refractivity contribution < 1.29 is 27.5 Å². The number of piperazine rings is 1. The monoisotopic (exact) mass is 440 g/mol. The Kier molecular flexibility index (Phi) is 7.79. The van der Waals surface area contributed by atoms with Gasteiger partial charge >= 0.3 is 12.0 Å². The van der Waals surface area contributed by atoms with E-state index in [1.54, 1.807) is 32.0 Å². The first-order valence-electron chi connectivity index (χ1n) is 9.58. The van der Waals surface area contributed by atoms with Crippen molar-refractivity contribution in [2.45, 2.75) is 43.8 Å². The first-order valence-corrected chi connectivity index (χ1v) is 11.0. The number of nitrogens with one attached hydrogen (secondary N) is 2. The van der Waals surface area contributed by atoms with Gasteiger partial charge < -0.3 is 20.3 Å². The SMILES string of the molecule is COC(=O)[C@@H](C)NC(=O)[C@H]1CN(C(=O)NC(C)C)CCN1S(=O)(=O)c1ccccc1. The molecule has 166 valence electrons. The van der Waals surface area contributed by atoms with Crippen LogP contribution < -0.4 is 10.6 Å². The van der Waals surface area contributed by atoms with E-state index in [9.17, 15) is 22.8 Å². The summed E-state index contributed by atoms with van der Waals surface area (Å²) in [5.74, 6) is -1.35. The Hall–Kier alpha value is -2.66. The number of carbonyl (C=O) groups is 3. The maximum atomic E-state index is 13.2. The van der Waals surface area contributed by atoms with Crippen molar-refractivity contribution in [3.63, 3.8) is 0 Å². The summed E-state index contributed by atoms with van der Waals surface area (Å²) in [6, 6.07) is 5.09. The van der Waals surface area contributed by atoms with E-state index >= 15 is 0 Å². The largest absolute Gasteiger partial charge is 0.467 e. The number of hydrogen-bond acceptors (Lipinski definition) is 6. The van der Waals surface area contributed by atoms with Crippen LogP contribution in [-0.2, 0) is 24.3 Å². The summed E-state index contributed by atoms with van der Waals surface area (Å²) in [6.45, 7) is 4.96. The van der Waals surface area contributed by atoms with E-state index in [0.717, 1.165) is 4.31 Å². The Morgan fingerprint density at radius 3 is 2.27 bits per heavy atom. The molecule has 1 aromatic rings. The van der Waals surface area contributed by atoms with E-state index in [4.69, 9.17) is 0 Å². The fourth-order valence-corrected chi connectivity index (χ4v) is 4.65. The van der Waals surface area contributed by atoms with E-state index in [0.29, 0.717) is 0 Å². The van der Waals surface area contributed by atoms with E-state index in [-0.39, 0.29) is 36.6 Å². The average Bonchev–Trinajstić information content (AvgIpc) is 2.72. The predicted molar refractivity (Wildman–Crippen MR) is 109 cm³/mol. The quantitative estimate of drug-likeness (QED) is 0.607. The van der Waals surface area contributed by atoms with Crippen LogP contribution in [0.1, 0.15) is 20.8 Å². The number of rotatable bonds is 6. The first-order chi connectivity index (χ1) is 14.1. The molecular weight excluding hydrogens is 412 g/mol. The number of benzene rings is 1. The van der Waals surface area contributed by atoms with Crippen molar-refractivity contribution in [1.82, 2.24) is 19.8 Å². The molecule has 1 saturated heterocycles. The minimum absolute atomic E-state index is 0.0453. The Morgan fingerprint density at radius 1 is 1.07 bits per heavy atom. The number of methoxy groups -OCH3 is 1. The molecular formula is C19H28N4O6S. The summed E-state index contributed by atoms with van der Waals surface area (Å²) in [5, 5.41) is 5.21. The molecule has 2 atom stereocenters. The Morgan fingerprint density at radius 2 is 1.70 bits per heavy atom. The van der Waals surface area contributed by atoms with Crippen LogP contribution in [0.25, 0.3) is 0 Å². The highest BCUT2D eigenvalue weighted by atomic mass is 32.2. The van der Waals surface area contributed by atoms with Crippen LogP contribution in [-0.4, -0.2) is 80.4 Å². The summed E-state index contributed by atoms with van der Waals surface area (Å²) < 4.78 is 32.0. The Balaban J connectivity index is 2.32. The molecule has 3 amide bonds. The number of ether oxygens (including phenoxy) is 1. The molecule has 0 aliphatic carbocycles. The van der Waals surface area contributed by atoms with Crippen LogP contribution in [0.2, 0.25) is 0 Å². The molecule has 1 fully saturated rings. The maximum Gasteiger partial charge on any atom is 0.328 e. The lowest BCUT2D eigenvalue weighted by molar-refractivity contribution is -0.145. The highest BCUT2D eigenvalue weighted by Crippen LogP contribution is 2.22. The molecule has 2 rings (SSSR count). The lowest BCUT2D eigenvalue weighted by Gasteiger charge is -2.40. The van der Waals surface area contributed by atoms with Crippen molar-refractivity contribution in [2.24, 2.45) is 0 Å². The molecule has 11 heteroatoms. The molecule has 0 unspecified atom stereocenters. The van der Waals surface area contributed by atoms with Crippen LogP contribution >= 0.6 is 0 Å². The van der Waals surface area contributed by atoms with Crippen LogP contribution in [0.15, 0.2) is 35.2 Å². The molecule has 1 heterocycles. The van der Waals surface area contributed by atoms with Gasteiger partial charge in [-0.2, -0.15) is 4.31 Å². The molecule has 1 aliphatic rings. The van der Waals surface area contributed by atoms with Crippen molar-refractivity contribution in [2.75, 3.05) is 26.7 Å². The standard InChI is InChI=1S/C19H28N4O6S/c1-13(2)20-19(26)22-10-11-23(30(27,28)15-8-6-5-7-9-15)16(12-22)17(24)21-14(3)18(25)29-4/h5-9,13-14,16H,10-12H2,1-4H3,(H,20,26)(H,21,24)/t14-,16-/m1/s1. The van der Waals surface area contributed by atoms with Crippen LogP contribution in [0.3, 0.4) is 0 Å². The number of sulfonamides is 1. The van der Waals surface area contributed by atoms with E-state index in [1.165, 1.54) is 31.1 Å². The fraction of sp³-hybridized carbons (Fsp3) is 0.526. The molecule has 0 spiro atoms. The highest BCUT2D eigenvalue weighted by Gasteiger charge is 2.42. The number of esters is 1. The maximum absolute atomic E-state index is 13.2. The number of urea groups is 1. The second-order valence-electron chi connectivity index (χ2n) is 7.25. The molecule has 1 aliphatic heterocycles. The summed E-state index contributed by atoms with van der Waals surface area (Å²) >= 11 is 0. The molecule has 1 aromatic carbocycles. The first kappa shape index (κ1) is 23.6. The zero-order valence-electron chi connectivity index (χ0n) is 17.5. The summed E-state index contributed by atoms with van der Waals surface area (Å²) in [6.07, 6.45) is 0. The zero-order chi connectivity index (χ0) is 22.5. The van der Waals surface area contributed by atoms with E-state index in [1.807, 2.05) is 0 Å². The molecule has 0 bridgehead atoms. The van der Waals surface area contributed by atoms with Gasteiger partial charge in [-0.1, -0.05) is 18.2 Å². The van der Waals surface area contributed by atoms with Crippen molar-refractivity contribution in [1.29, 1.82) is 0 Å². The summed E-state index contributed by atoms with van der Waals surface area (Å²) in [7, 11) is -2.80. The molecule has 10 nitrogen and oxygen atoms in total. The number of amides is 3. The second-order valence-corrected chi connectivity index (χ2v) is 9.14. The van der Waals surface area contributed by atoms with Crippen LogP contribution in [0, 0.1) is 0 Å². The van der Waals surface area contributed by atoms with Crippen molar-refractivity contribution >= 4 is 27.9 Å². The zero-order valence-corrected chi connectivity index (χ0v) is 18.3. The normalized spacial score (nSPS) is 18.6. The van der Waals surface area contributed by atoms with Gasteiger partial charge in [-0.3, -0.25) is 4.79 Å². The van der Waals surface area contributed by atoms with Gasteiger partial charge in [-0.15, -0.1) is 0 Å². The fourth-order valence-electron chi connectivity index (χ4n) is 3.06. The molecule has 0 radical (unpaired) electrons. The third-order valence-corrected chi connectivity index (χ3v) is 6.52. The Labute approximate surface area is 176 Å².